The fraction of sp³-hybridized carbons (Fsp3) is 0.619. The molecule has 0 spiro atoms. The molecular formula is C21H40Sn. The summed E-state index contributed by atoms with van der Waals surface area (Å²) in [6.45, 7) is 16.7. The van der Waals surface area contributed by atoms with E-state index in [1.807, 2.05) is 18.2 Å². The molecule has 1 aliphatic carbocycles. The van der Waals surface area contributed by atoms with E-state index in [0.717, 1.165) is 6.42 Å². The molecule has 0 aromatic heterocycles. The molecule has 1 aliphatic rings. The van der Waals surface area contributed by atoms with E-state index in [9.17, 15) is 0 Å². The van der Waals surface area contributed by atoms with Crippen LogP contribution in [0.5, 0.6) is 0 Å². The molecule has 0 unspecified atom stereocenters. The Kier molecular flexibility index (Phi) is 44.1. The van der Waals surface area contributed by atoms with Gasteiger partial charge in [-0.2, -0.15) is 0 Å². The molecule has 0 aromatic rings. The molecule has 0 saturated carbocycles. The first kappa shape index (κ1) is 29.7. The molecule has 0 aliphatic heterocycles. The van der Waals surface area contributed by atoms with Gasteiger partial charge in [-0.3, -0.25) is 0 Å². The van der Waals surface area contributed by atoms with Crippen molar-refractivity contribution in [2.45, 2.75) is 86.5 Å². The van der Waals surface area contributed by atoms with Crippen molar-refractivity contribution in [3.63, 3.8) is 0 Å². The van der Waals surface area contributed by atoms with E-state index in [1.54, 1.807) is 0 Å². The third-order valence-electron chi connectivity index (χ3n) is 2.74. The van der Waals surface area contributed by atoms with Crippen LogP contribution >= 0.6 is 0 Å². The minimum Gasteiger partial charge on any atom is -0.0991 e. The number of hydrogen-bond acceptors (Lipinski definition) is 0. The molecular weight excluding hydrogens is 371 g/mol. The van der Waals surface area contributed by atoms with Crippen molar-refractivity contribution in [2.75, 3.05) is 0 Å². The van der Waals surface area contributed by atoms with Crippen LogP contribution in [0, 0.1) is 0 Å². The Morgan fingerprint density at radius 3 is 1.45 bits per heavy atom. The van der Waals surface area contributed by atoms with Crippen LogP contribution in [0.25, 0.3) is 0 Å². The van der Waals surface area contributed by atoms with Gasteiger partial charge >= 0.3 is 0 Å². The number of allylic oxidation sites excluding steroid dienone is 7. The molecule has 0 atom stereocenters. The van der Waals surface area contributed by atoms with Crippen molar-refractivity contribution in [1.82, 2.24) is 0 Å². The van der Waals surface area contributed by atoms with Crippen LogP contribution < -0.4 is 0 Å². The average molecular weight is 411 g/mol. The molecule has 4 radical (unpaired) electrons. The van der Waals surface area contributed by atoms with Crippen molar-refractivity contribution in [3.8, 4) is 0 Å². The molecule has 0 fully saturated rings. The molecule has 1 rings (SSSR count). The van der Waals surface area contributed by atoms with Gasteiger partial charge < -0.3 is 0 Å². The summed E-state index contributed by atoms with van der Waals surface area (Å²) in [7, 11) is 0. The molecule has 0 aromatic carbocycles. The Bertz CT molecular complexity index is 244. The monoisotopic (exact) mass is 412 g/mol. The predicted octanol–water partition coefficient (Wildman–Crippen LogP) is 7.65. The third-order valence-corrected chi connectivity index (χ3v) is 2.74. The second-order valence-electron chi connectivity index (χ2n) is 4.97. The van der Waals surface area contributed by atoms with Gasteiger partial charge in [0.2, 0.25) is 0 Å². The van der Waals surface area contributed by atoms with Crippen LogP contribution in [0.4, 0.5) is 0 Å². The van der Waals surface area contributed by atoms with Crippen LogP contribution in [-0.4, -0.2) is 23.9 Å². The molecule has 0 amide bonds. The average Bonchev–Trinajstić information content (AvgIpc) is 2.57. The van der Waals surface area contributed by atoms with Crippen molar-refractivity contribution in [2.24, 2.45) is 0 Å². The summed E-state index contributed by atoms with van der Waals surface area (Å²) in [5.74, 6) is 0. The van der Waals surface area contributed by atoms with E-state index in [-0.39, 0.29) is 23.9 Å². The molecule has 128 valence electrons. The SMILES string of the molecule is C=C/C=C1\C=CC=CC1.CCCC.CCCC.CCCC.[Sn]. The fourth-order valence-corrected chi connectivity index (χ4v) is 0.805. The Labute approximate surface area is 158 Å². The standard InChI is InChI=1S/C9H10.3C4H10.Sn/c1-2-6-9-7-4-3-5-8-9;3*1-3-4-2;/h2-7H,1,8H2;3*3-4H2,1-2H3;/b9-6+;;;;. The van der Waals surface area contributed by atoms with Gasteiger partial charge in [0.15, 0.2) is 0 Å². The maximum absolute atomic E-state index is 3.62. The molecule has 0 saturated heterocycles. The van der Waals surface area contributed by atoms with Crippen LogP contribution in [0.1, 0.15) is 86.5 Å². The Morgan fingerprint density at radius 1 is 0.818 bits per heavy atom. The normalized spacial score (nSPS) is 12.5. The summed E-state index contributed by atoms with van der Waals surface area (Å²) in [5, 5.41) is 0. The zero-order chi connectivity index (χ0) is 16.8. The molecule has 0 bridgehead atoms. The number of hydrogen-bond donors (Lipinski definition) is 0. The van der Waals surface area contributed by atoms with E-state index < -0.39 is 0 Å². The maximum atomic E-state index is 3.62. The van der Waals surface area contributed by atoms with Gasteiger partial charge in [-0.25, -0.2) is 0 Å². The van der Waals surface area contributed by atoms with E-state index in [2.05, 4.69) is 66.3 Å². The summed E-state index contributed by atoms with van der Waals surface area (Å²) >= 11 is 0. The molecule has 0 heterocycles. The summed E-state index contributed by atoms with van der Waals surface area (Å²) in [5.41, 5.74) is 1.33. The Morgan fingerprint density at radius 2 is 1.23 bits per heavy atom. The first-order chi connectivity index (χ1) is 10.2. The first-order valence-electron chi connectivity index (χ1n) is 8.82. The summed E-state index contributed by atoms with van der Waals surface area (Å²) < 4.78 is 0. The van der Waals surface area contributed by atoms with E-state index in [1.165, 1.54) is 44.1 Å². The van der Waals surface area contributed by atoms with Crippen molar-refractivity contribution in [3.05, 3.63) is 48.6 Å². The van der Waals surface area contributed by atoms with Crippen molar-refractivity contribution < 1.29 is 0 Å². The van der Waals surface area contributed by atoms with Crippen LogP contribution in [-0.2, 0) is 0 Å². The molecule has 0 nitrogen and oxygen atoms in total. The number of rotatable bonds is 4. The van der Waals surface area contributed by atoms with Crippen LogP contribution in [0.3, 0.4) is 0 Å². The topological polar surface area (TPSA) is 0 Å². The number of unbranched alkanes of at least 4 members (excludes halogenated alkanes) is 3. The van der Waals surface area contributed by atoms with E-state index in [4.69, 9.17) is 0 Å². The van der Waals surface area contributed by atoms with Crippen molar-refractivity contribution >= 4 is 23.9 Å². The van der Waals surface area contributed by atoms with Crippen LogP contribution in [0.2, 0.25) is 0 Å². The maximum Gasteiger partial charge on any atom is 0 e. The second-order valence-corrected chi connectivity index (χ2v) is 4.97. The van der Waals surface area contributed by atoms with Gasteiger partial charge in [0.05, 0.1) is 0 Å². The zero-order valence-corrected chi connectivity index (χ0v) is 19.0. The predicted molar refractivity (Wildman–Crippen MR) is 109 cm³/mol. The Hall–Kier alpha value is -0.241. The van der Waals surface area contributed by atoms with Crippen LogP contribution in [0.15, 0.2) is 48.6 Å². The largest absolute Gasteiger partial charge is 0.0991 e. The van der Waals surface area contributed by atoms with Gasteiger partial charge in [0.1, 0.15) is 0 Å². The zero-order valence-electron chi connectivity index (χ0n) is 16.1. The quantitative estimate of drug-likeness (QED) is 0.417. The van der Waals surface area contributed by atoms with E-state index in [0.29, 0.717) is 0 Å². The third kappa shape index (κ3) is 36.7. The van der Waals surface area contributed by atoms with Gasteiger partial charge in [0.25, 0.3) is 0 Å². The fourth-order valence-electron chi connectivity index (χ4n) is 0.805. The summed E-state index contributed by atoms with van der Waals surface area (Å²) in [6.07, 6.45) is 21.1. The minimum absolute atomic E-state index is 0. The second kappa shape index (κ2) is 32.6. The van der Waals surface area contributed by atoms with Gasteiger partial charge in [-0.1, -0.05) is 123 Å². The smallest absolute Gasteiger partial charge is 0 e. The molecule has 22 heavy (non-hydrogen) atoms. The van der Waals surface area contributed by atoms with Gasteiger partial charge in [-0.05, 0) is 12.0 Å². The molecule has 1 heteroatoms. The summed E-state index contributed by atoms with van der Waals surface area (Å²) in [6, 6.07) is 0. The van der Waals surface area contributed by atoms with Crippen molar-refractivity contribution in [1.29, 1.82) is 0 Å². The van der Waals surface area contributed by atoms with Gasteiger partial charge in [-0.15, -0.1) is 0 Å². The summed E-state index contributed by atoms with van der Waals surface area (Å²) in [4.78, 5) is 0. The van der Waals surface area contributed by atoms with Gasteiger partial charge in [0, 0.05) is 23.9 Å². The minimum atomic E-state index is 0. The Balaban J connectivity index is -0.000000107. The van der Waals surface area contributed by atoms with E-state index >= 15 is 0 Å². The molecule has 0 N–H and O–H groups in total. The first-order valence-corrected chi connectivity index (χ1v) is 8.82.